The smallest absolute Gasteiger partial charge is 0.243 e. The molecule has 0 spiro atoms. The standard InChI is InChI=1S/C17H18BrNO3S/c1-22-15-9-7-13(8-10-15)17-6-3-11-19(17)23(20,21)16-5-2-4-14(18)12-16/h2,4-5,7-10,12,17H,3,6,11H2,1H3. The predicted octanol–water partition coefficient (Wildman–Crippen LogP) is 3.98. The van der Waals surface area contributed by atoms with Crippen LogP contribution in [0.2, 0.25) is 0 Å². The molecule has 6 heteroatoms. The van der Waals surface area contributed by atoms with Crippen LogP contribution in [-0.4, -0.2) is 26.4 Å². The largest absolute Gasteiger partial charge is 0.497 e. The summed E-state index contributed by atoms with van der Waals surface area (Å²) >= 11 is 3.34. The van der Waals surface area contributed by atoms with E-state index in [4.69, 9.17) is 4.74 Å². The van der Waals surface area contributed by atoms with Gasteiger partial charge >= 0.3 is 0 Å². The van der Waals surface area contributed by atoms with Crippen molar-refractivity contribution in [2.75, 3.05) is 13.7 Å². The third-order valence-corrected chi connectivity index (χ3v) is 6.50. The van der Waals surface area contributed by atoms with Crippen molar-refractivity contribution >= 4 is 26.0 Å². The number of sulfonamides is 1. The maximum atomic E-state index is 13.0. The van der Waals surface area contributed by atoms with E-state index in [1.54, 1.807) is 29.6 Å². The van der Waals surface area contributed by atoms with E-state index in [2.05, 4.69) is 15.9 Å². The number of rotatable bonds is 4. The molecule has 2 aromatic rings. The van der Waals surface area contributed by atoms with Crippen molar-refractivity contribution in [3.8, 4) is 5.75 Å². The summed E-state index contributed by atoms with van der Waals surface area (Å²) in [7, 11) is -1.88. The van der Waals surface area contributed by atoms with Crippen LogP contribution in [0.1, 0.15) is 24.4 Å². The van der Waals surface area contributed by atoms with E-state index in [1.807, 2.05) is 30.3 Å². The summed E-state index contributed by atoms with van der Waals surface area (Å²) < 4.78 is 33.5. The van der Waals surface area contributed by atoms with Crippen LogP contribution in [-0.2, 0) is 10.0 Å². The molecule has 1 unspecified atom stereocenters. The second-order valence-corrected chi connectivity index (χ2v) is 8.31. The summed E-state index contributed by atoms with van der Waals surface area (Å²) in [6.07, 6.45) is 1.70. The molecule has 1 atom stereocenters. The molecular weight excluding hydrogens is 378 g/mol. The molecule has 0 aromatic heterocycles. The normalized spacial score (nSPS) is 19.0. The van der Waals surface area contributed by atoms with Gasteiger partial charge in [0.15, 0.2) is 0 Å². The Balaban J connectivity index is 1.94. The second-order valence-electron chi connectivity index (χ2n) is 5.50. The van der Waals surface area contributed by atoms with Crippen molar-refractivity contribution in [3.05, 3.63) is 58.6 Å². The van der Waals surface area contributed by atoms with Crippen LogP contribution < -0.4 is 4.74 Å². The summed E-state index contributed by atoms with van der Waals surface area (Å²) in [6, 6.07) is 14.4. The predicted molar refractivity (Wildman–Crippen MR) is 93.0 cm³/mol. The third kappa shape index (κ3) is 3.29. The summed E-state index contributed by atoms with van der Waals surface area (Å²) in [6.45, 7) is 0.547. The van der Waals surface area contributed by atoms with E-state index in [9.17, 15) is 8.42 Å². The molecule has 4 nitrogen and oxygen atoms in total. The summed E-state index contributed by atoms with van der Waals surface area (Å²) in [5.74, 6) is 0.771. The molecule has 1 aliphatic heterocycles. The molecule has 0 radical (unpaired) electrons. The highest BCUT2D eigenvalue weighted by Gasteiger charge is 2.36. The molecule has 3 rings (SSSR count). The van der Waals surface area contributed by atoms with Gasteiger partial charge in [0.1, 0.15) is 5.75 Å². The van der Waals surface area contributed by atoms with E-state index in [0.29, 0.717) is 11.4 Å². The molecule has 23 heavy (non-hydrogen) atoms. The van der Waals surface area contributed by atoms with Gasteiger partial charge in [0, 0.05) is 11.0 Å². The number of ether oxygens (including phenoxy) is 1. The number of halogens is 1. The first-order chi connectivity index (χ1) is 11.0. The summed E-state index contributed by atoms with van der Waals surface area (Å²) in [5, 5.41) is 0. The molecule has 0 aliphatic carbocycles. The summed E-state index contributed by atoms with van der Waals surface area (Å²) in [4.78, 5) is 0.326. The van der Waals surface area contributed by atoms with Crippen molar-refractivity contribution in [1.29, 1.82) is 0 Å². The SMILES string of the molecule is COc1ccc(C2CCCN2S(=O)(=O)c2cccc(Br)c2)cc1. The highest BCUT2D eigenvalue weighted by atomic mass is 79.9. The van der Waals surface area contributed by atoms with Crippen LogP contribution in [0, 0.1) is 0 Å². The quantitative estimate of drug-likeness (QED) is 0.786. The van der Waals surface area contributed by atoms with E-state index in [1.165, 1.54) is 0 Å². The maximum absolute atomic E-state index is 13.0. The number of hydrogen-bond donors (Lipinski definition) is 0. The zero-order chi connectivity index (χ0) is 16.4. The van der Waals surface area contributed by atoms with E-state index in [0.717, 1.165) is 28.6 Å². The second kappa shape index (κ2) is 6.63. The topological polar surface area (TPSA) is 46.6 Å². The number of benzene rings is 2. The minimum Gasteiger partial charge on any atom is -0.497 e. The fourth-order valence-electron chi connectivity index (χ4n) is 2.95. The van der Waals surface area contributed by atoms with Crippen LogP contribution in [0.4, 0.5) is 0 Å². The fourth-order valence-corrected chi connectivity index (χ4v) is 5.23. The van der Waals surface area contributed by atoms with Gasteiger partial charge in [0.05, 0.1) is 18.0 Å². The van der Waals surface area contributed by atoms with Gasteiger partial charge in [0.25, 0.3) is 0 Å². The van der Waals surface area contributed by atoms with Crippen molar-refractivity contribution in [2.45, 2.75) is 23.8 Å². The molecule has 0 bridgehead atoms. The Morgan fingerprint density at radius 2 is 1.91 bits per heavy atom. The van der Waals surface area contributed by atoms with Gasteiger partial charge in [-0.2, -0.15) is 4.31 Å². The van der Waals surface area contributed by atoms with Gasteiger partial charge in [-0.15, -0.1) is 0 Å². The monoisotopic (exact) mass is 395 g/mol. The lowest BCUT2D eigenvalue weighted by atomic mass is 10.1. The Morgan fingerprint density at radius 3 is 2.57 bits per heavy atom. The molecule has 1 heterocycles. The highest BCUT2D eigenvalue weighted by molar-refractivity contribution is 9.10. The van der Waals surface area contributed by atoms with Gasteiger partial charge in [-0.1, -0.05) is 34.1 Å². The van der Waals surface area contributed by atoms with Crippen molar-refractivity contribution in [1.82, 2.24) is 4.31 Å². The number of methoxy groups -OCH3 is 1. The zero-order valence-electron chi connectivity index (χ0n) is 12.8. The molecule has 1 fully saturated rings. The minimum absolute atomic E-state index is 0.120. The Hall–Kier alpha value is -1.37. The van der Waals surface area contributed by atoms with Gasteiger partial charge in [-0.05, 0) is 48.7 Å². The number of hydrogen-bond acceptors (Lipinski definition) is 3. The Bertz CT molecular complexity index is 790. The van der Waals surface area contributed by atoms with Gasteiger partial charge in [-0.25, -0.2) is 8.42 Å². The number of nitrogens with zero attached hydrogens (tertiary/aromatic N) is 1. The lowest BCUT2D eigenvalue weighted by molar-refractivity contribution is 0.394. The Morgan fingerprint density at radius 1 is 1.17 bits per heavy atom. The van der Waals surface area contributed by atoms with Crippen LogP contribution in [0.5, 0.6) is 5.75 Å². The molecule has 122 valence electrons. The Labute approximate surface area is 145 Å². The third-order valence-electron chi connectivity index (χ3n) is 4.11. The van der Waals surface area contributed by atoms with Gasteiger partial charge in [0.2, 0.25) is 10.0 Å². The average Bonchev–Trinajstić information content (AvgIpc) is 3.05. The van der Waals surface area contributed by atoms with Crippen molar-refractivity contribution < 1.29 is 13.2 Å². The van der Waals surface area contributed by atoms with E-state index >= 15 is 0 Å². The lowest BCUT2D eigenvalue weighted by Gasteiger charge is -2.24. The Kier molecular flexibility index (Phi) is 4.75. The average molecular weight is 396 g/mol. The van der Waals surface area contributed by atoms with Crippen LogP contribution in [0.15, 0.2) is 57.9 Å². The molecule has 0 saturated carbocycles. The lowest BCUT2D eigenvalue weighted by Crippen LogP contribution is -2.30. The molecular formula is C17H18BrNO3S. The molecule has 0 N–H and O–H groups in total. The first kappa shape index (κ1) is 16.5. The molecule has 0 amide bonds. The van der Waals surface area contributed by atoms with Crippen molar-refractivity contribution in [3.63, 3.8) is 0 Å². The van der Waals surface area contributed by atoms with Crippen LogP contribution in [0.3, 0.4) is 0 Å². The van der Waals surface area contributed by atoms with E-state index < -0.39 is 10.0 Å². The van der Waals surface area contributed by atoms with Gasteiger partial charge < -0.3 is 4.74 Å². The zero-order valence-corrected chi connectivity index (χ0v) is 15.2. The maximum Gasteiger partial charge on any atom is 0.243 e. The molecule has 1 saturated heterocycles. The van der Waals surface area contributed by atoms with E-state index in [-0.39, 0.29) is 6.04 Å². The van der Waals surface area contributed by atoms with Crippen molar-refractivity contribution in [2.24, 2.45) is 0 Å². The first-order valence-corrected chi connectivity index (χ1v) is 9.67. The molecule has 1 aliphatic rings. The highest BCUT2D eigenvalue weighted by Crippen LogP contribution is 2.37. The summed E-state index contributed by atoms with van der Waals surface area (Å²) in [5.41, 5.74) is 1.00. The fraction of sp³-hybridized carbons (Fsp3) is 0.294. The first-order valence-electron chi connectivity index (χ1n) is 7.44. The minimum atomic E-state index is -3.50. The molecule has 2 aromatic carbocycles. The van der Waals surface area contributed by atoms with Crippen LogP contribution >= 0.6 is 15.9 Å². The van der Waals surface area contributed by atoms with Gasteiger partial charge in [-0.3, -0.25) is 0 Å². The van der Waals surface area contributed by atoms with Crippen LogP contribution in [0.25, 0.3) is 0 Å².